The third kappa shape index (κ3) is 10.2. The van der Waals surface area contributed by atoms with Crippen molar-refractivity contribution in [2.75, 3.05) is 61.1 Å². The predicted molar refractivity (Wildman–Crippen MR) is 164 cm³/mol. The number of methoxy groups -OCH3 is 1. The lowest BCUT2D eigenvalue weighted by molar-refractivity contribution is -0.139. The van der Waals surface area contributed by atoms with Crippen molar-refractivity contribution in [3.05, 3.63) is 88.6 Å². The van der Waals surface area contributed by atoms with Gasteiger partial charge in [0.05, 0.1) is 7.11 Å². The number of amides is 1. The van der Waals surface area contributed by atoms with Gasteiger partial charge in [-0.15, -0.1) is 0 Å². The van der Waals surface area contributed by atoms with E-state index in [0.29, 0.717) is 35.7 Å². The molecule has 228 valence electrons. The number of benzene rings is 1. The molecule has 0 bridgehead atoms. The quantitative estimate of drug-likeness (QED) is 0.159. The van der Waals surface area contributed by atoms with Crippen molar-refractivity contribution < 1.29 is 28.5 Å². The Morgan fingerprint density at radius 1 is 1.24 bits per heavy atom. The van der Waals surface area contributed by atoms with Gasteiger partial charge in [-0.3, -0.25) is 4.79 Å². The van der Waals surface area contributed by atoms with Gasteiger partial charge in [-0.25, -0.2) is 4.79 Å². The van der Waals surface area contributed by atoms with Crippen molar-refractivity contribution in [3.63, 3.8) is 0 Å². The van der Waals surface area contributed by atoms with Crippen molar-refractivity contribution >= 4 is 11.9 Å². The first-order chi connectivity index (χ1) is 20.0. The maximum atomic E-state index is 13.2. The average Bonchev–Trinajstić information content (AvgIpc) is 2.96. The van der Waals surface area contributed by atoms with Gasteiger partial charge in [0.1, 0.15) is 30.8 Å². The standard InChI is InChI=1S/C33H45N3O6/c1-23(2)8-10-26-21-27(11-13-31(26)40-19-18-35(4)5)32(37)34-29-20-25(22-41-33(29)38)9-12-30(24(3)39-7)42-28-14-16-36(6)17-15-28/h8-9,11-13,20-21,28H,3,10,14-19,22H2,1-2,4-7H3,(H,34,37)/b25-9-,30-12+. The molecule has 1 aromatic rings. The first kappa shape index (κ1) is 32.7. The number of esters is 1. The van der Waals surface area contributed by atoms with Gasteiger partial charge in [0.2, 0.25) is 0 Å². The van der Waals surface area contributed by atoms with Crippen molar-refractivity contribution in [2.24, 2.45) is 0 Å². The predicted octanol–water partition coefficient (Wildman–Crippen LogP) is 4.39. The largest absolute Gasteiger partial charge is 0.493 e. The molecule has 1 saturated heterocycles. The number of ether oxygens (including phenoxy) is 4. The van der Waals surface area contributed by atoms with Crippen LogP contribution in [0.5, 0.6) is 5.75 Å². The van der Waals surface area contributed by atoms with Crippen LogP contribution in [-0.2, 0) is 25.4 Å². The van der Waals surface area contributed by atoms with Crippen molar-refractivity contribution in [1.82, 2.24) is 15.1 Å². The van der Waals surface area contributed by atoms with E-state index in [1.165, 1.54) is 5.57 Å². The molecule has 9 heteroatoms. The Kier molecular flexibility index (Phi) is 12.4. The Hall–Kier alpha value is -3.82. The number of allylic oxidation sites excluding steroid dienone is 4. The number of piperidine rings is 1. The summed E-state index contributed by atoms with van der Waals surface area (Å²) in [6, 6.07) is 5.30. The Bertz CT molecular complexity index is 1250. The fourth-order valence-corrected chi connectivity index (χ4v) is 4.33. The average molecular weight is 580 g/mol. The van der Waals surface area contributed by atoms with Gasteiger partial charge in [-0.1, -0.05) is 24.3 Å². The second-order valence-corrected chi connectivity index (χ2v) is 11.1. The van der Waals surface area contributed by atoms with E-state index in [2.05, 4.69) is 29.9 Å². The minimum Gasteiger partial charge on any atom is -0.493 e. The molecule has 1 fully saturated rings. The van der Waals surface area contributed by atoms with Crippen molar-refractivity contribution in [1.29, 1.82) is 0 Å². The lowest BCUT2D eigenvalue weighted by Crippen LogP contribution is -2.34. The van der Waals surface area contributed by atoms with Crippen LogP contribution in [0, 0.1) is 0 Å². The van der Waals surface area contributed by atoms with E-state index in [1.54, 1.807) is 43.5 Å². The summed E-state index contributed by atoms with van der Waals surface area (Å²) in [5, 5.41) is 2.72. The van der Waals surface area contributed by atoms with Crippen LogP contribution in [0.1, 0.15) is 42.6 Å². The number of nitrogens with one attached hydrogen (secondary N) is 1. The molecule has 0 aliphatic carbocycles. The highest BCUT2D eigenvalue weighted by molar-refractivity contribution is 6.02. The van der Waals surface area contributed by atoms with Crippen molar-refractivity contribution in [2.45, 2.75) is 39.2 Å². The Morgan fingerprint density at radius 3 is 2.64 bits per heavy atom. The molecule has 1 amide bonds. The normalized spacial score (nSPS) is 17.4. The minimum absolute atomic E-state index is 0.0615. The summed E-state index contributed by atoms with van der Waals surface area (Å²) in [4.78, 5) is 30.0. The van der Waals surface area contributed by atoms with Crippen LogP contribution in [0.15, 0.2) is 77.4 Å². The monoisotopic (exact) mass is 579 g/mol. The lowest BCUT2D eigenvalue weighted by atomic mass is 10.0. The summed E-state index contributed by atoms with van der Waals surface area (Å²) in [6.07, 6.45) is 9.76. The van der Waals surface area contributed by atoms with Gasteiger partial charge in [0, 0.05) is 25.2 Å². The maximum Gasteiger partial charge on any atom is 0.355 e. The second kappa shape index (κ2) is 16.0. The molecule has 2 aliphatic heterocycles. The van der Waals surface area contributed by atoms with Gasteiger partial charge < -0.3 is 34.1 Å². The number of likely N-dealkylation sites (tertiary alicyclic amines) is 1. The molecule has 42 heavy (non-hydrogen) atoms. The zero-order chi connectivity index (χ0) is 30.6. The van der Waals surface area contributed by atoms with E-state index in [0.717, 1.165) is 43.8 Å². The summed E-state index contributed by atoms with van der Waals surface area (Å²) >= 11 is 0. The summed E-state index contributed by atoms with van der Waals surface area (Å²) in [7, 11) is 7.62. The molecule has 2 aliphatic rings. The molecule has 0 unspecified atom stereocenters. The summed E-state index contributed by atoms with van der Waals surface area (Å²) in [6.45, 7) is 11.3. The van der Waals surface area contributed by atoms with E-state index >= 15 is 0 Å². The molecular weight excluding hydrogens is 534 g/mol. The maximum absolute atomic E-state index is 13.2. The van der Waals surface area contributed by atoms with Crippen LogP contribution in [0.2, 0.25) is 0 Å². The highest BCUT2D eigenvalue weighted by atomic mass is 16.5. The molecular formula is C33H45N3O6. The van der Waals surface area contributed by atoms with E-state index < -0.39 is 11.9 Å². The third-order valence-electron chi connectivity index (χ3n) is 6.95. The van der Waals surface area contributed by atoms with Crippen molar-refractivity contribution in [3.8, 4) is 5.75 Å². The summed E-state index contributed by atoms with van der Waals surface area (Å²) in [5.74, 6) is 0.658. The summed E-state index contributed by atoms with van der Waals surface area (Å²) < 4.78 is 22.9. The molecule has 0 saturated carbocycles. The molecule has 0 atom stereocenters. The summed E-state index contributed by atoms with van der Waals surface area (Å²) in [5.41, 5.74) is 3.23. The van der Waals surface area contributed by atoms with Crippen LogP contribution in [0.3, 0.4) is 0 Å². The molecule has 0 radical (unpaired) electrons. The Balaban J connectivity index is 1.77. The molecule has 2 heterocycles. The van der Waals surface area contributed by atoms with E-state index in [9.17, 15) is 9.59 Å². The number of hydrogen-bond acceptors (Lipinski definition) is 8. The number of hydrogen-bond donors (Lipinski definition) is 1. The molecule has 0 aromatic heterocycles. The van der Waals surface area contributed by atoms with Gasteiger partial charge in [-0.2, -0.15) is 0 Å². The van der Waals surface area contributed by atoms with Crippen LogP contribution in [-0.4, -0.2) is 88.9 Å². The number of carbonyl (C=O) groups excluding carboxylic acids is 2. The fourth-order valence-electron chi connectivity index (χ4n) is 4.33. The molecule has 3 rings (SSSR count). The molecule has 0 spiro atoms. The van der Waals surface area contributed by atoms with Gasteiger partial charge in [0.15, 0.2) is 11.5 Å². The van der Waals surface area contributed by atoms with Crippen LogP contribution >= 0.6 is 0 Å². The van der Waals surface area contributed by atoms with E-state index in [-0.39, 0.29) is 18.4 Å². The van der Waals surface area contributed by atoms with Gasteiger partial charge in [-0.05, 0) is 95.7 Å². The van der Waals surface area contributed by atoms with Gasteiger partial charge in [0.25, 0.3) is 5.91 Å². The van der Waals surface area contributed by atoms with Crippen LogP contribution in [0.4, 0.5) is 0 Å². The molecule has 9 nitrogen and oxygen atoms in total. The minimum atomic E-state index is -0.595. The first-order valence-electron chi connectivity index (χ1n) is 14.3. The number of nitrogens with zero attached hydrogens (tertiary/aromatic N) is 2. The topological polar surface area (TPSA) is 89.6 Å². The van der Waals surface area contributed by atoms with Crippen LogP contribution < -0.4 is 10.1 Å². The smallest absolute Gasteiger partial charge is 0.355 e. The molecule has 1 aromatic carbocycles. The van der Waals surface area contributed by atoms with E-state index in [1.807, 2.05) is 32.8 Å². The van der Waals surface area contributed by atoms with Gasteiger partial charge >= 0.3 is 5.97 Å². The zero-order valence-electron chi connectivity index (χ0n) is 25.8. The Morgan fingerprint density at radius 2 is 1.98 bits per heavy atom. The number of carbonyl (C=O) groups is 2. The van der Waals surface area contributed by atoms with Crippen LogP contribution in [0.25, 0.3) is 0 Å². The third-order valence-corrected chi connectivity index (χ3v) is 6.95. The number of likely N-dealkylation sites (N-methyl/N-ethyl adjacent to an activating group) is 1. The number of rotatable bonds is 13. The highest BCUT2D eigenvalue weighted by Gasteiger charge is 2.22. The highest BCUT2D eigenvalue weighted by Crippen LogP contribution is 2.24. The SMILES string of the molecule is C=C(OC)/C(=C\C=C1\C=C(NC(=O)c2ccc(OCCN(C)C)c(CC=C(C)C)c2)C(=O)OC1)OC1CCN(C)CC1. The zero-order valence-corrected chi connectivity index (χ0v) is 25.8. The number of cyclic esters (lactones) is 1. The lowest BCUT2D eigenvalue weighted by Gasteiger charge is -2.30. The first-order valence-corrected chi connectivity index (χ1v) is 14.3. The second-order valence-electron chi connectivity index (χ2n) is 11.1. The fraction of sp³-hybridized carbons (Fsp3) is 0.455. The van der Waals surface area contributed by atoms with E-state index in [4.69, 9.17) is 18.9 Å². The Labute approximate surface area is 250 Å². The molecule has 1 N–H and O–H groups in total.